The highest BCUT2D eigenvalue weighted by molar-refractivity contribution is 5.78. The lowest BCUT2D eigenvalue weighted by molar-refractivity contribution is -0.123. The average Bonchev–Trinajstić information content (AvgIpc) is 2.68. The van der Waals surface area contributed by atoms with Gasteiger partial charge in [-0.1, -0.05) is 55.0 Å². The maximum Gasteiger partial charge on any atom is 0.234 e. The van der Waals surface area contributed by atoms with Crippen molar-refractivity contribution in [3.05, 3.63) is 65.2 Å². The van der Waals surface area contributed by atoms with Gasteiger partial charge in [0.1, 0.15) is 0 Å². The highest BCUT2D eigenvalue weighted by atomic mass is 16.2. The van der Waals surface area contributed by atoms with E-state index < -0.39 is 0 Å². The van der Waals surface area contributed by atoms with E-state index in [9.17, 15) is 4.79 Å². The van der Waals surface area contributed by atoms with E-state index in [0.717, 1.165) is 32.6 Å². The van der Waals surface area contributed by atoms with Crippen LogP contribution < -0.4 is 10.2 Å². The molecule has 1 heterocycles. The Morgan fingerprint density at radius 2 is 1.67 bits per heavy atom. The van der Waals surface area contributed by atoms with Crippen LogP contribution in [-0.4, -0.2) is 43.5 Å². The van der Waals surface area contributed by atoms with Gasteiger partial charge in [-0.15, -0.1) is 0 Å². The average molecular weight is 366 g/mol. The first-order valence-electron chi connectivity index (χ1n) is 9.95. The van der Waals surface area contributed by atoms with E-state index in [2.05, 4.69) is 84.4 Å². The Balaban J connectivity index is 1.50. The van der Waals surface area contributed by atoms with Crippen molar-refractivity contribution in [1.82, 2.24) is 10.2 Å². The van der Waals surface area contributed by atoms with E-state index >= 15 is 0 Å². The lowest BCUT2D eigenvalue weighted by atomic mass is 10.0. The van der Waals surface area contributed by atoms with Gasteiger partial charge >= 0.3 is 0 Å². The maximum absolute atomic E-state index is 12.6. The molecule has 4 heteroatoms. The lowest BCUT2D eigenvalue weighted by Gasteiger charge is -2.36. The molecule has 27 heavy (non-hydrogen) atoms. The molecule has 1 aliphatic heterocycles. The van der Waals surface area contributed by atoms with Crippen molar-refractivity contribution < 1.29 is 4.79 Å². The van der Waals surface area contributed by atoms with Gasteiger partial charge in [-0.05, 0) is 37.5 Å². The number of amides is 1. The first-order valence-corrected chi connectivity index (χ1v) is 9.95. The number of aryl methyl sites for hydroxylation is 2. The highest BCUT2D eigenvalue weighted by Gasteiger charge is 2.21. The number of carbonyl (C=O) groups excluding carboxylic acids is 1. The zero-order chi connectivity index (χ0) is 19.2. The largest absolute Gasteiger partial charge is 0.369 e. The highest BCUT2D eigenvalue weighted by Crippen LogP contribution is 2.21. The van der Waals surface area contributed by atoms with Crippen molar-refractivity contribution in [3.8, 4) is 0 Å². The van der Waals surface area contributed by atoms with Crippen LogP contribution >= 0.6 is 0 Å². The van der Waals surface area contributed by atoms with Crippen LogP contribution in [0.5, 0.6) is 0 Å². The van der Waals surface area contributed by atoms with E-state index in [1.54, 1.807) is 0 Å². The maximum atomic E-state index is 12.6. The first kappa shape index (κ1) is 19.4. The van der Waals surface area contributed by atoms with Crippen LogP contribution in [0.15, 0.2) is 48.5 Å². The van der Waals surface area contributed by atoms with Gasteiger partial charge in [-0.25, -0.2) is 0 Å². The Morgan fingerprint density at radius 3 is 2.30 bits per heavy atom. The molecular formula is C23H31N3O. The van der Waals surface area contributed by atoms with Crippen LogP contribution in [0, 0.1) is 13.8 Å². The molecule has 1 N–H and O–H groups in total. The molecule has 4 nitrogen and oxygen atoms in total. The van der Waals surface area contributed by atoms with Gasteiger partial charge in [0.2, 0.25) is 5.91 Å². The topological polar surface area (TPSA) is 35.6 Å². The minimum Gasteiger partial charge on any atom is -0.369 e. The molecule has 3 rings (SSSR count). The third-order valence-electron chi connectivity index (χ3n) is 5.42. The number of anilines is 1. The molecule has 0 aliphatic carbocycles. The number of benzene rings is 2. The number of carbonyl (C=O) groups is 1. The third kappa shape index (κ3) is 5.10. The Kier molecular flexibility index (Phi) is 6.51. The normalized spacial score (nSPS) is 16.2. The second-order valence-electron chi connectivity index (χ2n) is 7.49. The Bertz CT molecular complexity index is 748. The van der Waals surface area contributed by atoms with E-state index in [1.807, 2.05) is 0 Å². The summed E-state index contributed by atoms with van der Waals surface area (Å²) in [5.41, 5.74) is 5.05. The smallest absolute Gasteiger partial charge is 0.234 e. The summed E-state index contributed by atoms with van der Waals surface area (Å²) in [6.45, 7) is 10.6. The van der Waals surface area contributed by atoms with Gasteiger partial charge < -0.3 is 10.2 Å². The molecule has 1 fully saturated rings. The Morgan fingerprint density at radius 1 is 1.00 bits per heavy atom. The SMILES string of the molecule is CC[C@@H](NC(=O)CN1CCN(c2ccccc2C)CC1)c1ccc(C)cc1. The fourth-order valence-corrected chi connectivity index (χ4v) is 3.73. The van der Waals surface area contributed by atoms with E-state index in [-0.39, 0.29) is 11.9 Å². The van der Waals surface area contributed by atoms with E-state index in [0.29, 0.717) is 6.54 Å². The van der Waals surface area contributed by atoms with Crippen LogP contribution in [0.4, 0.5) is 5.69 Å². The molecule has 1 aliphatic rings. The summed E-state index contributed by atoms with van der Waals surface area (Å²) in [5, 5.41) is 3.21. The molecule has 2 aromatic carbocycles. The van der Waals surface area contributed by atoms with Gasteiger partial charge in [0.25, 0.3) is 0 Å². The zero-order valence-electron chi connectivity index (χ0n) is 16.7. The van der Waals surface area contributed by atoms with Crippen molar-refractivity contribution in [2.45, 2.75) is 33.2 Å². The summed E-state index contributed by atoms with van der Waals surface area (Å²) >= 11 is 0. The fourth-order valence-electron chi connectivity index (χ4n) is 3.73. The van der Waals surface area contributed by atoms with Crippen molar-refractivity contribution >= 4 is 11.6 Å². The lowest BCUT2D eigenvalue weighted by Crippen LogP contribution is -2.50. The molecule has 0 spiro atoms. The molecule has 0 radical (unpaired) electrons. The minimum atomic E-state index is 0.0892. The van der Waals surface area contributed by atoms with Crippen LogP contribution in [-0.2, 0) is 4.79 Å². The van der Waals surface area contributed by atoms with E-state index in [4.69, 9.17) is 0 Å². The summed E-state index contributed by atoms with van der Waals surface area (Å²) < 4.78 is 0. The summed E-state index contributed by atoms with van der Waals surface area (Å²) in [6.07, 6.45) is 0.899. The molecule has 1 saturated heterocycles. The molecule has 0 bridgehead atoms. The number of nitrogens with one attached hydrogen (secondary N) is 1. The number of hydrogen-bond acceptors (Lipinski definition) is 3. The number of para-hydroxylation sites is 1. The predicted octanol–water partition coefficient (Wildman–Crippen LogP) is 3.69. The molecular weight excluding hydrogens is 334 g/mol. The summed E-state index contributed by atoms with van der Waals surface area (Å²) in [7, 11) is 0. The quantitative estimate of drug-likeness (QED) is 0.848. The van der Waals surface area contributed by atoms with Gasteiger partial charge in [-0.3, -0.25) is 9.69 Å². The van der Waals surface area contributed by atoms with Gasteiger partial charge in [0.15, 0.2) is 0 Å². The third-order valence-corrected chi connectivity index (χ3v) is 5.42. The van der Waals surface area contributed by atoms with Crippen LogP contribution in [0.3, 0.4) is 0 Å². The van der Waals surface area contributed by atoms with Crippen molar-refractivity contribution in [1.29, 1.82) is 0 Å². The Hall–Kier alpha value is -2.33. The Labute approximate surface area is 163 Å². The van der Waals surface area contributed by atoms with Crippen molar-refractivity contribution in [2.24, 2.45) is 0 Å². The van der Waals surface area contributed by atoms with Crippen LogP contribution in [0.25, 0.3) is 0 Å². The van der Waals surface area contributed by atoms with Crippen LogP contribution in [0.2, 0.25) is 0 Å². The minimum absolute atomic E-state index is 0.0892. The summed E-state index contributed by atoms with van der Waals surface area (Å²) in [4.78, 5) is 17.2. The molecule has 144 valence electrons. The number of rotatable bonds is 6. The fraction of sp³-hybridized carbons (Fsp3) is 0.435. The number of nitrogens with zero attached hydrogens (tertiary/aromatic N) is 2. The molecule has 0 saturated carbocycles. The molecule has 2 aromatic rings. The second kappa shape index (κ2) is 9.05. The summed E-state index contributed by atoms with van der Waals surface area (Å²) in [5.74, 6) is 0.117. The first-order chi connectivity index (χ1) is 13.1. The second-order valence-corrected chi connectivity index (χ2v) is 7.49. The molecule has 0 unspecified atom stereocenters. The number of piperazine rings is 1. The number of hydrogen-bond donors (Lipinski definition) is 1. The molecule has 1 amide bonds. The standard InChI is InChI=1S/C23H31N3O/c1-4-21(20-11-9-18(2)10-12-20)24-23(27)17-25-13-15-26(16-14-25)22-8-6-5-7-19(22)3/h5-12,21H,4,13-17H2,1-3H3,(H,24,27)/t21-/m1/s1. The van der Waals surface area contributed by atoms with Gasteiger partial charge in [-0.2, -0.15) is 0 Å². The van der Waals surface area contributed by atoms with Gasteiger partial charge in [0.05, 0.1) is 12.6 Å². The molecule has 0 aromatic heterocycles. The van der Waals surface area contributed by atoms with Crippen molar-refractivity contribution in [2.75, 3.05) is 37.6 Å². The predicted molar refractivity (Wildman–Crippen MR) is 112 cm³/mol. The molecule has 1 atom stereocenters. The van der Waals surface area contributed by atoms with Crippen LogP contribution in [0.1, 0.15) is 36.1 Å². The van der Waals surface area contributed by atoms with E-state index in [1.165, 1.54) is 22.4 Å². The van der Waals surface area contributed by atoms with Gasteiger partial charge in [0, 0.05) is 31.9 Å². The summed E-state index contributed by atoms with van der Waals surface area (Å²) in [6, 6.07) is 17.1. The van der Waals surface area contributed by atoms with Crippen molar-refractivity contribution in [3.63, 3.8) is 0 Å². The monoisotopic (exact) mass is 365 g/mol. The zero-order valence-corrected chi connectivity index (χ0v) is 16.7.